The summed E-state index contributed by atoms with van der Waals surface area (Å²) in [5.41, 5.74) is 7.76. The Morgan fingerprint density at radius 1 is 1.50 bits per heavy atom. The van der Waals surface area contributed by atoms with Gasteiger partial charge in [0.2, 0.25) is 0 Å². The Hall–Kier alpha value is -1.40. The molecule has 0 bridgehead atoms. The molecule has 0 aliphatic heterocycles. The van der Waals surface area contributed by atoms with Crippen LogP contribution in [0.25, 0.3) is 0 Å². The number of fused-ring (bicyclic) bond motifs is 1. The van der Waals surface area contributed by atoms with Crippen LogP contribution in [0.5, 0.6) is 0 Å². The molecule has 0 heterocycles. The van der Waals surface area contributed by atoms with E-state index in [0.29, 0.717) is 17.5 Å². The van der Waals surface area contributed by atoms with Crippen molar-refractivity contribution in [1.29, 1.82) is 5.26 Å². The summed E-state index contributed by atoms with van der Waals surface area (Å²) in [4.78, 5) is 0. The first-order chi connectivity index (χ1) is 6.74. The van der Waals surface area contributed by atoms with E-state index in [4.69, 9.17) is 11.0 Å². The van der Waals surface area contributed by atoms with E-state index in [2.05, 4.69) is 6.07 Å². The minimum atomic E-state index is -0.228. The highest BCUT2D eigenvalue weighted by Crippen LogP contribution is 2.32. The topological polar surface area (TPSA) is 49.8 Å². The molecule has 1 aliphatic rings. The molecule has 2 nitrogen and oxygen atoms in total. The van der Waals surface area contributed by atoms with Gasteiger partial charge in [-0.25, -0.2) is 4.39 Å². The molecule has 0 aromatic heterocycles. The van der Waals surface area contributed by atoms with Gasteiger partial charge in [0.15, 0.2) is 0 Å². The largest absolute Gasteiger partial charge is 0.324 e. The van der Waals surface area contributed by atoms with Gasteiger partial charge in [0.25, 0.3) is 0 Å². The summed E-state index contributed by atoms with van der Waals surface area (Å²) in [6, 6.07) is 4.76. The van der Waals surface area contributed by atoms with Crippen molar-refractivity contribution in [1.82, 2.24) is 0 Å². The maximum atomic E-state index is 13.4. The van der Waals surface area contributed by atoms with Gasteiger partial charge in [-0.2, -0.15) is 5.26 Å². The Labute approximate surface area is 82.1 Å². The first kappa shape index (κ1) is 9.17. The second kappa shape index (κ2) is 3.39. The molecular formula is C11H11FN2. The number of benzene rings is 1. The number of hydrogen-bond donors (Lipinski definition) is 1. The van der Waals surface area contributed by atoms with Crippen molar-refractivity contribution in [2.75, 3.05) is 0 Å². The minimum absolute atomic E-state index is 0.177. The summed E-state index contributed by atoms with van der Waals surface area (Å²) < 4.78 is 13.4. The zero-order valence-electron chi connectivity index (χ0n) is 7.76. The lowest BCUT2D eigenvalue weighted by atomic mass is 9.85. The fourth-order valence-corrected chi connectivity index (χ4v) is 2.06. The lowest BCUT2D eigenvalue weighted by Gasteiger charge is -2.23. The van der Waals surface area contributed by atoms with Gasteiger partial charge in [0.05, 0.1) is 11.6 Å². The second-order valence-electron chi connectivity index (χ2n) is 3.60. The third-order valence-electron chi connectivity index (χ3n) is 2.73. The van der Waals surface area contributed by atoms with E-state index in [0.717, 1.165) is 18.4 Å². The molecule has 2 rings (SSSR count). The molecule has 0 spiro atoms. The predicted octanol–water partition coefficient (Wildman–Crippen LogP) is 2.03. The van der Waals surface area contributed by atoms with Crippen LogP contribution in [-0.2, 0) is 6.42 Å². The third kappa shape index (κ3) is 1.28. The summed E-state index contributed by atoms with van der Waals surface area (Å²) in [7, 11) is 0. The molecule has 1 aliphatic carbocycles. The summed E-state index contributed by atoms with van der Waals surface area (Å²) >= 11 is 0. The van der Waals surface area contributed by atoms with E-state index < -0.39 is 0 Å². The van der Waals surface area contributed by atoms with E-state index in [1.54, 1.807) is 0 Å². The van der Waals surface area contributed by atoms with Crippen LogP contribution in [0.15, 0.2) is 12.1 Å². The van der Waals surface area contributed by atoms with Gasteiger partial charge < -0.3 is 5.73 Å². The van der Waals surface area contributed by atoms with Crippen LogP contribution in [0.2, 0.25) is 0 Å². The van der Waals surface area contributed by atoms with E-state index >= 15 is 0 Å². The maximum absolute atomic E-state index is 13.4. The van der Waals surface area contributed by atoms with Gasteiger partial charge >= 0.3 is 0 Å². The second-order valence-corrected chi connectivity index (χ2v) is 3.60. The van der Waals surface area contributed by atoms with E-state index in [9.17, 15) is 4.39 Å². The van der Waals surface area contributed by atoms with Gasteiger partial charge in [0, 0.05) is 6.04 Å². The van der Waals surface area contributed by atoms with Crippen molar-refractivity contribution in [2.45, 2.75) is 25.3 Å². The van der Waals surface area contributed by atoms with Crippen LogP contribution < -0.4 is 5.73 Å². The van der Waals surface area contributed by atoms with Crippen LogP contribution in [0, 0.1) is 17.1 Å². The summed E-state index contributed by atoms with van der Waals surface area (Å²) in [5, 5.41) is 8.87. The SMILES string of the molecule is N#Cc1ccc(F)c2c1[C@H](N)CCC2. The molecule has 0 unspecified atom stereocenters. The summed E-state index contributed by atoms with van der Waals surface area (Å²) in [5.74, 6) is -0.228. The number of nitriles is 1. The Bertz CT molecular complexity index is 406. The monoisotopic (exact) mass is 190 g/mol. The fourth-order valence-electron chi connectivity index (χ4n) is 2.06. The average molecular weight is 190 g/mol. The maximum Gasteiger partial charge on any atom is 0.126 e. The number of nitrogens with two attached hydrogens (primary N) is 1. The lowest BCUT2D eigenvalue weighted by Crippen LogP contribution is -2.20. The zero-order chi connectivity index (χ0) is 10.1. The molecule has 1 aromatic rings. The van der Waals surface area contributed by atoms with Crippen LogP contribution in [-0.4, -0.2) is 0 Å². The van der Waals surface area contributed by atoms with Crippen molar-refractivity contribution in [3.63, 3.8) is 0 Å². The number of rotatable bonds is 0. The molecule has 0 amide bonds. The van der Waals surface area contributed by atoms with Crippen LogP contribution in [0.3, 0.4) is 0 Å². The average Bonchev–Trinajstić information content (AvgIpc) is 2.20. The molecule has 0 saturated heterocycles. The fraction of sp³-hybridized carbons (Fsp3) is 0.364. The van der Waals surface area contributed by atoms with Crippen molar-refractivity contribution < 1.29 is 4.39 Å². The van der Waals surface area contributed by atoms with E-state index in [1.807, 2.05) is 0 Å². The predicted molar refractivity (Wildman–Crippen MR) is 51.0 cm³/mol. The number of hydrogen-bond acceptors (Lipinski definition) is 2. The smallest absolute Gasteiger partial charge is 0.126 e. The molecular weight excluding hydrogens is 179 g/mol. The summed E-state index contributed by atoms with van der Waals surface area (Å²) in [6.45, 7) is 0. The van der Waals surface area contributed by atoms with Crippen molar-refractivity contribution >= 4 is 0 Å². The first-order valence-electron chi connectivity index (χ1n) is 4.71. The Balaban J connectivity index is 2.65. The van der Waals surface area contributed by atoms with Crippen LogP contribution in [0.1, 0.15) is 35.6 Å². The van der Waals surface area contributed by atoms with Crippen molar-refractivity contribution in [2.24, 2.45) is 5.73 Å². The minimum Gasteiger partial charge on any atom is -0.324 e. The van der Waals surface area contributed by atoms with E-state index in [-0.39, 0.29) is 11.9 Å². The van der Waals surface area contributed by atoms with Crippen molar-refractivity contribution in [3.05, 3.63) is 34.6 Å². The number of halogens is 1. The van der Waals surface area contributed by atoms with Gasteiger partial charge in [0.1, 0.15) is 5.82 Å². The molecule has 14 heavy (non-hydrogen) atoms. The van der Waals surface area contributed by atoms with E-state index in [1.165, 1.54) is 12.1 Å². The quantitative estimate of drug-likeness (QED) is 0.680. The molecule has 1 aromatic carbocycles. The van der Waals surface area contributed by atoms with Crippen LogP contribution in [0.4, 0.5) is 4.39 Å². The van der Waals surface area contributed by atoms with Gasteiger partial charge in [-0.3, -0.25) is 0 Å². The highest BCUT2D eigenvalue weighted by molar-refractivity contribution is 5.46. The van der Waals surface area contributed by atoms with Crippen molar-refractivity contribution in [3.8, 4) is 6.07 Å². The first-order valence-corrected chi connectivity index (χ1v) is 4.71. The van der Waals surface area contributed by atoms with Crippen LogP contribution >= 0.6 is 0 Å². The number of nitrogens with zero attached hydrogens (tertiary/aromatic N) is 1. The summed E-state index contributed by atoms with van der Waals surface area (Å²) in [6.07, 6.45) is 2.44. The van der Waals surface area contributed by atoms with Gasteiger partial charge in [-0.1, -0.05) is 0 Å². The molecule has 3 heteroatoms. The molecule has 72 valence electrons. The molecule has 0 radical (unpaired) electrons. The third-order valence-corrected chi connectivity index (χ3v) is 2.73. The molecule has 0 fully saturated rings. The molecule has 0 saturated carbocycles. The Morgan fingerprint density at radius 2 is 2.29 bits per heavy atom. The van der Waals surface area contributed by atoms with Gasteiger partial charge in [-0.15, -0.1) is 0 Å². The molecule has 1 atom stereocenters. The normalized spacial score (nSPS) is 19.9. The highest BCUT2D eigenvalue weighted by Gasteiger charge is 2.22. The Morgan fingerprint density at radius 3 is 3.00 bits per heavy atom. The Kier molecular flexibility index (Phi) is 2.22. The highest BCUT2D eigenvalue weighted by atomic mass is 19.1. The standard InChI is InChI=1S/C11H11FN2/c12-9-5-4-7(6-13)11-8(9)2-1-3-10(11)14/h4-5,10H,1-3,14H2/t10-/m1/s1. The lowest BCUT2D eigenvalue weighted by molar-refractivity contribution is 0.530. The molecule has 2 N–H and O–H groups in total. The zero-order valence-corrected chi connectivity index (χ0v) is 7.76. The van der Waals surface area contributed by atoms with Gasteiger partial charge in [-0.05, 0) is 42.5 Å².